The Hall–Kier alpha value is -1.36. The number of hydrogen-bond donors (Lipinski definition) is 2. The van der Waals surface area contributed by atoms with Crippen LogP contribution in [0.2, 0.25) is 0 Å². The summed E-state index contributed by atoms with van der Waals surface area (Å²) >= 11 is 0. The quantitative estimate of drug-likeness (QED) is 0.415. The van der Waals surface area contributed by atoms with Gasteiger partial charge in [-0.3, -0.25) is 5.84 Å². The number of hydrazine groups is 1. The van der Waals surface area contributed by atoms with Gasteiger partial charge in [-0.25, -0.2) is 0 Å². The van der Waals surface area contributed by atoms with E-state index in [9.17, 15) is 0 Å². The second-order valence-corrected chi connectivity index (χ2v) is 1.59. The zero-order valence-electron chi connectivity index (χ0n) is 7.85. The fraction of sp³-hybridized carbons (Fsp3) is 0. The summed E-state index contributed by atoms with van der Waals surface area (Å²) < 4.78 is 0. The molecule has 0 fully saturated rings. The van der Waals surface area contributed by atoms with Crippen LogP contribution in [0.1, 0.15) is 0 Å². The number of para-hydroxylation sites is 1. The summed E-state index contributed by atoms with van der Waals surface area (Å²) in [5.74, 6) is 5.10. The molecule has 0 saturated heterocycles. The van der Waals surface area contributed by atoms with Crippen LogP contribution in [0.15, 0.2) is 30.3 Å². The van der Waals surface area contributed by atoms with Gasteiger partial charge in [0, 0.05) is 64.1 Å². The molecule has 0 amide bonds. The zero-order valence-corrected chi connectivity index (χ0v) is 8.55. The van der Waals surface area contributed by atoms with E-state index in [4.69, 9.17) is 36.1 Å². The largest absolute Gasteiger partial charge is 0.373 e. The minimum absolute atomic E-state index is 0. The average molecular weight is 252 g/mol. The van der Waals surface area contributed by atoms with Gasteiger partial charge < -0.3 is 5.43 Å². The number of benzene rings is 1. The third-order valence-electron chi connectivity index (χ3n) is 0.940. The van der Waals surface area contributed by atoms with E-state index in [-0.39, 0.29) is 43.9 Å². The van der Waals surface area contributed by atoms with Gasteiger partial charge in [-0.05, 0) is 12.1 Å². The van der Waals surface area contributed by atoms with Crippen molar-refractivity contribution in [2.75, 3.05) is 5.43 Å². The van der Waals surface area contributed by atoms with Gasteiger partial charge in [0.05, 0.1) is 0 Å². The molecule has 88 valence electrons. The topological polar surface area (TPSA) is 154 Å². The van der Waals surface area contributed by atoms with Gasteiger partial charge >= 0.3 is 6.15 Å². The predicted molar refractivity (Wildman–Crippen MR) is 49.4 cm³/mol. The molecule has 0 atom stereocenters. The van der Waals surface area contributed by atoms with Crippen LogP contribution >= 0.6 is 0 Å². The summed E-state index contributed by atoms with van der Waals surface area (Å²) in [5.41, 5.74) is 3.46. The van der Waals surface area contributed by atoms with Crippen molar-refractivity contribution >= 4 is 11.8 Å². The number of nitrogen functional groups attached to an aromatic ring is 1. The van der Waals surface area contributed by atoms with Crippen LogP contribution in [-0.4, -0.2) is 6.15 Å². The molecule has 0 unspecified atom stereocenters. The summed E-state index contributed by atoms with van der Waals surface area (Å²) in [6.07, 6.45) is 0.250. The Morgan fingerprint density at radius 1 is 1.06 bits per heavy atom. The Labute approximate surface area is 121 Å². The van der Waals surface area contributed by atoms with Crippen molar-refractivity contribution in [2.24, 2.45) is 5.84 Å². The molecule has 0 aliphatic heterocycles. The zero-order chi connectivity index (χ0) is 12.5. The maximum atomic E-state index is 8.12. The average Bonchev–Trinajstić information content (AvgIpc) is 2.36. The number of nitrogens with two attached hydrogens (primary N) is 1. The Kier molecular flexibility index (Phi) is 43.9. The van der Waals surface area contributed by atoms with Crippen molar-refractivity contribution < 1.29 is 47.3 Å². The fourth-order valence-electron chi connectivity index (χ4n) is 0.534. The molecule has 0 saturated carbocycles. The third-order valence-corrected chi connectivity index (χ3v) is 0.940. The van der Waals surface area contributed by atoms with Gasteiger partial charge in [0.25, 0.3) is 0 Å². The molecule has 1 rings (SSSR count). The van der Waals surface area contributed by atoms with Gasteiger partial charge in [0.15, 0.2) is 0 Å². The Bertz CT molecular complexity index is 276. The van der Waals surface area contributed by atoms with Crippen molar-refractivity contribution in [2.45, 2.75) is 0 Å². The first-order chi connectivity index (χ1) is 7.35. The number of rotatable bonds is 1. The fourth-order valence-corrected chi connectivity index (χ4v) is 0.534. The maximum Gasteiger partial charge on any atom is 0.373 e. The van der Waals surface area contributed by atoms with Crippen LogP contribution in [0.4, 0.5) is 5.69 Å². The van der Waals surface area contributed by atoms with Crippen LogP contribution in [0, 0.1) is 58.5 Å². The molecule has 0 heterocycles. The Balaban J connectivity index is -0.0000000778. The molecule has 0 radical (unpaired) electrons. The monoisotopic (exact) mass is 252 g/mol. The van der Waals surface area contributed by atoms with E-state index in [1.165, 1.54) is 0 Å². The molecule has 9 heteroatoms. The maximum absolute atomic E-state index is 8.12. The van der Waals surface area contributed by atoms with Gasteiger partial charge in [-0.2, -0.15) is 9.59 Å². The third kappa shape index (κ3) is 22.9. The molecule has 0 aliphatic rings. The molecular formula is C7H8ArN4O4. The van der Waals surface area contributed by atoms with Gasteiger partial charge in [0.1, 0.15) is 0 Å². The molecule has 0 aromatic heterocycles. The number of nitrogens with one attached hydrogen (secondary N) is 1. The van der Waals surface area contributed by atoms with Crippen molar-refractivity contribution in [3.05, 3.63) is 40.3 Å². The normalized spacial score (nSPS) is 5.19. The van der Waals surface area contributed by atoms with E-state index in [0.717, 1.165) is 5.69 Å². The summed E-state index contributed by atoms with van der Waals surface area (Å²) in [6.45, 7) is 0. The molecular weight excluding hydrogens is 244 g/mol. The van der Waals surface area contributed by atoms with Crippen LogP contribution in [0.3, 0.4) is 0 Å². The van der Waals surface area contributed by atoms with Crippen molar-refractivity contribution in [1.82, 2.24) is 0 Å². The number of nitrogens with zero attached hydrogens (tertiary/aromatic N) is 2. The van der Waals surface area contributed by atoms with E-state index in [1.807, 2.05) is 30.3 Å². The number of hydrogen-bond acceptors (Lipinski definition) is 8. The van der Waals surface area contributed by atoms with Crippen LogP contribution < -0.4 is 11.3 Å². The van der Waals surface area contributed by atoms with Gasteiger partial charge in [-0.1, -0.05) is 18.2 Å². The van der Waals surface area contributed by atoms with Crippen LogP contribution in [0.5, 0.6) is 0 Å². The summed E-state index contributed by atoms with van der Waals surface area (Å²) in [5, 5.41) is 12.0. The van der Waals surface area contributed by atoms with E-state index < -0.39 is 0 Å². The standard InChI is InChI=1S/C6H8N2.CO2.Ar.N2.O2/c7-8-6-4-2-1-3-5-6;2-1-3;;2*1-2/h1-5,8H,7H2;;;;. The first-order valence-electron chi connectivity index (χ1n) is 3.22. The number of carbonyl (C=O) groups excluding carboxylic acids is 2. The molecule has 1 aromatic rings. The minimum atomic E-state index is 0. The van der Waals surface area contributed by atoms with Gasteiger partial charge in [0.2, 0.25) is 0 Å². The molecule has 0 spiro atoms. The summed E-state index contributed by atoms with van der Waals surface area (Å²) in [6, 6.07) is 9.60. The molecule has 0 bridgehead atoms. The molecule has 1 aromatic carbocycles. The van der Waals surface area contributed by atoms with E-state index in [2.05, 4.69) is 5.43 Å². The predicted octanol–water partition coefficient (Wildman–Crippen LogP) is 0.486. The number of anilines is 1. The molecule has 16 heavy (non-hydrogen) atoms. The van der Waals surface area contributed by atoms with E-state index in [0.29, 0.717) is 0 Å². The van der Waals surface area contributed by atoms with Crippen molar-refractivity contribution in [1.29, 1.82) is 10.8 Å². The summed E-state index contributed by atoms with van der Waals surface area (Å²) in [7, 11) is 0. The Morgan fingerprint density at radius 3 is 1.56 bits per heavy atom. The summed E-state index contributed by atoms with van der Waals surface area (Å²) in [4.78, 5) is 30.2. The molecule has 8 nitrogen and oxygen atoms in total. The molecule has 3 N–H and O–H groups in total. The molecule has 0 aliphatic carbocycles. The second kappa shape index (κ2) is 29.2. The smallest absolute Gasteiger partial charge is 0.324 e. The SMILES string of the molecule is N#N.NNc1ccccc1.O=C=O.O=O.[Ar]. The van der Waals surface area contributed by atoms with Crippen LogP contribution in [-0.2, 0) is 9.59 Å². The second-order valence-electron chi connectivity index (χ2n) is 1.59. The van der Waals surface area contributed by atoms with Gasteiger partial charge in [-0.15, -0.1) is 0 Å². The van der Waals surface area contributed by atoms with E-state index >= 15 is 0 Å². The van der Waals surface area contributed by atoms with Crippen molar-refractivity contribution in [3.63, 3.8) is 0 Å². The Morgan fingerprint density at radius 2 is 1.38 bits per heavy atom. The first kappa shape index (κ1) is 24.1. The first-order valence-corrected chi connectivity index (χ1v) is 3.22. The van der Waals surface area contributed by atoms with Crippen LogP contribution in [0.25, 0.3) is 0 Å². The van der Waals surface area contributed by atoms with Crippen molar-refractivity contribution in [3.8, 4) is 0 Å². The minimum Gasteiger partial charge on any atom is -0.324 e. The van der Waals surface area contributed by atoms with E-state index in [1.54, 1.807) is 0 Å².